The summed E-state index contributed by atoms with van der Waals surface area (Å²) >= 11 is 0. The monoisotopic (exact) mass is 280 g/mol. The van der Waals surface area contributed by atoms with Crippen molar-refractivity contribution in [2.24, 2.45) is 0 Å². The highest BCUT2D eigenvalue weighted by Gasteiger charge is 2.21. The summed E-state index contributed by atoms with van der Waals surface area (Å²) in [7, 11) is 5.82. The molecule has 0 bridgehead atoms. The Balaban J connectivity index is 2.01. The van der Waals surface area contributed by atoms with Crippen molar-refractivity contribution < 1.29 is 14.2 Å². The Morgan fingerprint density at radius 2 is 2.05 bits per heavy atom. The third-order valence-corrected chi connectivity index (χ3v) is 3.82. The molecule has 1 heterocycles. The van der Waals surface area contributed by atoms with Gasteiger partial charge in [0.15, 0.2) is 11.5 Å². The van der Waals surface area contributed by atoms with Crippen LogP contribution in [0, 0.1) is 0 Å². The lowest BCUT2D eigenvalue weighted by Crippen LogP contribution is -2.46. The van der Waals surface area contributed by atoms with Crippen molar-refractivity contribution in [3.05, 3.63) is 17.7 Å². The number of benzene rings is 1. The smallest absolute Gasteiger partial charge is 0.231 e. The summed E-state index contributed by atoms with van der Waals surface area (Å²) in [6.07, 6.45) is 0. The van der Waals surface area contributed by atoms with Gasteiger partial charge in [0.1, 0.15) is 0 Å². The molecule has 5 nitrogen and oxygen atoms in total. The third kappa shape index (κ3) is 3.16. The number of nitrogens with zero attached hydrogens (tertiary/aromatic N) is 1. The topological polar surface area (TPSA) is 43.0 Å². The first-order chi connectivity index (χ1) is 9.44. The van der Waals surface area contributed by atoms with E-state index in [4.69, 9.17) is 14.2 Å². The van der Waals surface area contributed by atoms with Crippen LogP contribution in [-0.2, 0) is 6.54 Å². The zero-order valence-corrected chi connectivity index (χ0v) is 12.9. The van der Waals surface area contributed by atoms with Gasteiger partial charge in [-0.15, -0.1) is 0 Å². The van der Waals surface area contributed by atoms with Crippen LogP contribution in [-0.4, -0.2) is 45.0 Å². The highest BCUT2D eigenvalue weighted by molar-refractivity contribution is 5.55. The second-order valence-electron chi connectivity index (χ2n) is 5.84. The van der Waals surface area contributed by atoms with E-state index in [0.717, 1.165) is 30.2 Å². The fourth-order valence-electron chi connectivity index (χ4n) is 1.96. The van der Waals surface area contributed by atoms with Gasteiger partial charge >= 0.3 is 0 Å². The van der Waals surface area contributed by atoms with E-state index in [-0.39, 0.29) is 12.3 Å². The third-order valence-electron chi connectivity index (χ3n) is 3.82. The van der Waals surface area contributed by atoms with Gasteiger partial charge in [-0.1, -0.05) is 0 Å². The van der Waals surface area contributed by atoms with Crippen LogP contribution in [0.3, 0.4) is 0 Å². The van der Waals surface area contributed by atoms with Gasteiger partial charge in [-0.25, -0.2) is 0 Å². The van der Waals surface area contributed by atoms with Gasteiger partial charge in [0, 0.05) is 18.6 Å². The highest BCUT2D eigenvalue weighted by atomic mass is 16.7. The number of hydrogen-bond donors (Lipinski definition) is 1. The Morgan fingerprint density at radius 3 is 2.70 bits per heavy atom. The predicted octanol–water partition coefficient (Wildman–Crippen LogP) is 1.85. The largest absolute Gasteiger partial charge is 0.493 e. The molecular weight excluding hydrogens is 256 g/mol. The summed E-state index contributed by atoms with van der Waals surface area (Å²) in [5.74, 6) is 2.18. The first-order valence-electron chi connectivity index (χ1n) is 6.78. The van der Waals surface area contributed by atoms with Gasteiger partial charge in [0.05, 0.1) is 7.11 Å². The average molecular weight is 280 g/mol. The molecule has 0 saturated carbocycles. The van der Waals surface area contributed by atoms with Crippen LogP contribution in [0.15, 0.2) is 12.1 Å². The normalized spacial score (nSPS) is 13.9. The van der Waals surface area contributed by atoms with Crippen molar-refractivity contribution in [2.45, 2.75) is 25.9 Å². The molecule has 20 heavy (non-hydrogen) atoms. The zero-order valence-electron chi connectivity index (χ0n) is 12.9. The molecule has 1 aromatic rings. The summed E-state index contributed by atoms with van der Waals surface area (Å²) in [4.78, 5) is 2.21. The summed E-state index contributed by atoms with van der Waals surface area (Å²) in [6.45, 7) is 6.34. The molecule has 0 aromatic heterocycles. The summed E-state index contributed by atoms with van der Waals surface area (Å²) in [6, 6.07) is 3.99. The number of hydrogen-bond acceptors (Lipinski definition) is 5. The maximum absolute atomic E-state index is 5.43. The van der Waals surface area contributed by atoms with Crippen molar-refractivity contribution in [3.63, 3.8) is 0 Å². The van der Waals surface area contributed by atoms with E-state index in [1.54, 1.807) is 7.11 Å². The molecule has 0 spiro atoms. The van der Waals surface area contributed by atoms with E-state index in [2.05, 4.69) is 38.2 Å². The Morgan fingerprint density at radius 1 is 1.30 bits per heavy atom. The fourth-order valence-corrected chi connectivity index (χ4v) is 1.96. The number of methoxy groups -OCH3 is 1. The van der Waals surface area contributed by atoms with E-state index in [0.29, 0.717) is 5.75 Å². The first-order valence-corrected chi connectivity index (χ1v) is 6.78. The van der Waals surface area contributed by atoms with Crippen LogP contribution >= 0.6 is 0 Å². The Bertz CT molecular complexity index is 472. The minimum absolute atomic E-state index is 0.112. The Labute approximate surface area is 120 Å². The van der Waals surface area contributed by atoms with Gasteiger partial charge in [0.25, 0.3) is 0 Å². The molecule has 0 aliphatic carbocycles. The minimum atomic E-state index is 0.112. The molecule has 0 fully saturated rings. The molecule has 2 rings (SSSR count). The molecule has 0 radical (unpaired) electrons. The van der Waals surface area contributed by atoms with Gasteiger partial charge in [-0.05, 0) is 45.6 Å². The maximum Gasteiger partial charge on any atom is 0.231 e. The number of ether oxygens (including phenoxy) is 3. The van der Waals surface area contributed by atoms with Crippen LogP contribution in [0.4, 0.5) is 0 Å². The van der Waals surface area contributed by atoms with Crippen molar-refractivity contribution in [3.8, 4) is 17.2 Å². The van der Waals surface area contributed by atoms with Gasteiger partial charge in [-0.2, -0.15) is 0 Å². The van der Waals surface area contributed by atoms with Crippen molar-refractivity contribution in [1.29, 1.82) is 0 Å². The first kappa shape index (κ1) is 14.9. The van der Waals surface area contributed by atoms with Crippen LogP contribution < -0.4 is 19.5 Å². The molecule has 1 aromatic carbocycles. The summed E-state index contributed by atoms with van der Waals surface area (Å²) in [5.41, 5.74) is 1.24. The van der Waals surface area contributed by atoms with Crippen molar-refractivity contribution in [1.82, 2.24) is 10.2 Å². The van der Waals surface area contributed by atoms with E-state index >= 15 is 0 Å². The van der Waals surface area contributed by atoms with Crippen LogP contribution in [0.25, 0.3) is 0 Å². The molecule has 1 aliphatic rings. The standard InChI is InChI=1S/C15H24N2O3/c1-15(2,17(3)4)9-16-8-11-6-12(18-5)14-13(7-11)19-10-20-14/h6-7,16H,8-10H2,1-5H3. The van der Waals surface area contributed by atoms with E-state index < -0.39 is 0 Å². The second-order valence-corrected chi connectivity index (χ2v) is 5.84. The lowest BCUT2D eigenvalue weighted by atomic mass is 10.0. The minimum Gasteiger partial charge on any atom is -0.493 e. The number of rotatable bonds is 6. The SMILES string of the molecule is COc1cc(CNCC(C)(C)N(C)C)cc2c1OCO2. The van der Waals surface area contributed by atoms with E-state index in [1.807, 2.05) is 12.1 Å². The van der Waals surface area contributed by atoms with E-state index in [9.17, 15) is 0 Å². The lowest BCUT2D eigenvalue weighted by molar-refractivity contribution is 0.171. The van der Waals surface area contributed by atoms with Crippen LogP contribution in [0.2, 0.25) is 0 Å². The highest BCUT2D eigenvalue weighted by Crippen LogP contribution is 2.41. The Hall–Kier alpha value is -1.46. The zero-order chi connectivity index (χ0) is 14.8. The number of likely N-dealkylation sites (N-methyl/N-ethyl adjacent to an activating group) is 1. The maximum atomic E-state index is 5.43. The number of fused-ring (bicyclic) bond motifs is 1. The number of nitrogens with one attached hydrogen (secondary N) is 1. The average Bonchev–Trinajstić information content (AvgIpc) is 2.85. The summed E-state index contributed by atoms with van der Waals surface area (Å²) < 4.78 is 16.2. The molecule has 112 valence electrons. The predicted molar refractivity (Wildman–Crippen MR) is 78.6 cm³/mol. The summed E-state index contributed by atoms with van der Waals surface area (Å²) in [5, 5.41) is 3.47. The van der Waals surface area contributed by atoms with Crippen LogP contribution in [0.5, 0.6) is 17.2 Å². The van der Waals surface area contributed by atoms with E-state index in [1.165, 1.54) is 0 Å². The second kappa shape index (κ2) is 5.89. The lowest BCUT2D eigenvalue weighted by Gasteiger charge is -2.32. The molecular formula is C15H24N2O3. The molecule has 0 saturated heterocycles. The molecule has 5 heteroatoms. The van der Waals surface area contributed by atoms with Gasteiger partial charge < -0.3 is 24.4 Å². The van der Waals surface area contributed by atoms with Crippen molar-refractivity contribution in [2.75, 3.05) is 34.5 Å². The quantitative estimate of drug-likeness (QED) is 0.861. The van der Waals surface area contributed by atoms with Crippen molar-refractivity contribution >= 4 is 0 Å². The molecule has 0 atom stereocenters. The fraction of sp³-hybridized carbons (Fsp3) is 0.600. The molecule has 0 unspecified atom stereocenters. The van der Waals surface area contributed by atoms with Crippen LogP contribution in [0.1, 0.15) is 19.4 Å². The molecule has 0 amide bonds. The van der Waals surface area contributed by atoms with Gasteiger partial charge in [0.2, 0.25) is 12.5 Å². The molecule has 1 N–H and O–H groups in total. The Kier molecular flexibility index (Phi) is 4.40. The molecule has 1 aliphatic heterocycles. The van der Waals surface area contributed by atoms with Gasteiger partial charge in [-0.3, -0.25) is 0 Å².